The van der Waals surface area contributed by atoms with Crippen LogP contribution in [0.2, 0.25) is 10.0 Å². The number of nitrogens with zero attached hydrogens (tertiary/aromatic N) is 2. The quantitative estimate of drug-likeness (QED) is 0.604. The molecule has 7 heteroatoms. The van der Waals surface area contributed by atoms with Crippen molar-refractivity contribution < 1.29 is 9.66 Å². The Morgan fingerprint density at radius 1 is 1.38 bits per heavy atom. The number of methoxy groups -OCH3 is 1. The summed E-state index contributed by atoms with van der Waals surface area (Å²) >= 11 is 12.3. The van der Waals surface area contributed by atoms with Gasteiger partial charge in [-0.05, 0) is 18.4 Å². The van der Waals surface area contributed by atoms with E-state index in [0.29, 0.717) is 33.8 Å². The molecule has 0 radical (unpaired) electrons. The molecule has 1 aromatic carbocycles. The fourth-order valence-electron chi connectivity index (χ4n) is 2.13. The normalized spacial score (nSPS) is 11.1. The number of nitro groups is 1. The van der Waals surface area contributed by atoms with Gasteiger partial charge in [0, 0.05) is 11.5 Å². The van der Waals surface area contributed by atoms with Crippen molar-refractivity contribution in [2.24, 2.45) is 5.92 Å². The van der Waals surface area contributed by atoms with Gasteiger partial charge in [-0.15, -0.1) is 0 Å². The zero-order chi connectivity index (χ0) is 15.7. The van der Waals surface area contributed by atoms with Gasteiger partial charge in [0.2, 0.25) is 0 Å². The number of ether oxygens (including phenoxy) is 1. The molecule has 0 aliphatic rings. The molecule has 0 amide bonds. The zero-order valence-corrected chi connectivity index (χ0v) is 13.3. The van der Waals surface area contributed by atoms with Gasteiger partial charge >= 0.3 is 5.69 Å². The maximum Gasteiger partial charge on any atom is 0.309 e. The third-order valence-electron chi connectivity index (χ3n) is 3.03. The van der Waals surface area contributed by atoms with Crippen LogP contribution >= 0.6 is 23.2 Å². The van der Waals surface area contributed by atoms with Crippen LogP contribution in [0.3, 0.4) is 0 Å². The number of pyridine rings is 1. The lowest BCUT2D eigenvalue weighted by Gasteiger charge is -2.11. The number of fused-ring (bicyclic) bond motifs is 1. The first kappa shape index (κ1) is 15.8. The topological polar surface area (TPSA) is 65.3 Å². The first-order valence-electron chi connectivity index (χ1n) is 6.35. The first-order valence-corrected chi connectivity index (χ1v) is 7.10. The highest BCUT2D eigenvalue weighted by atomic mass is 35.5. The summed E-state index contributed by atoms with van der Waals surface area (Å²) in [5.74, 6) is 0.677. The van der Waals surface area contributed by atoms with Gasteiger partial charge in [-0.1, -0.05) is 37.0 Å². The third-order valence-corrected chi connectivity index (χ3v) is 3.71. The Kier molecular flexibility index (Phi) is 4.54. The van der Waals surface area contributed by atoms with Gasteiger partial charge in [0.1, 0.15) is 16.5 Å². The molecule has 0 atom stereocenters. The summed E-state index contributed by atoms with van der Waals surface area (Å²) in [6.45, 7) is 3.93. The predicted octanol–water partition coefficient (Wildman–Crippen LogP) is 4.66. The molecule has 0 saturated heterocycles. The van der Waals surface area contributed by atoms with Crippen LogP contribution in [0.25, 0.3) is 10.9 Å². The molecule has 2 rings (SSSR count). The molecule has 1 heterocycles. The molecule has 0 saturated carbocycles. The van der Waals surface area contributed by atoms with Gasteiger partial charge in [-0.2, -0.15) is 0 Å². The van der Waals surface area contributed by atoms with Crippen molar-refractivity contribution >= 4 is 39.8 Å². The standard InChI is InChI=1S/C14H14Cl2N2O3/c1-7(2)4-11-14(18(19)20)13(16)8-5-9(15)12(21-3)6-10(8)17-11/h5-7H,4H2,1-3H3. The monoisotopic (exact) mass is 328 g/mol. The minimum absolute atomic E-state index is 0.0604. The van der Waals surface area contributed by atoms with Gasteiger partial charge in [0.05, 0.1) is 22.6 Å². The summed E-state index contributed by atoms with van der Waals surface area (Å²) in [5, 5.41) is 12.1. The maximum absolute atomic E-state index is 11.3. The Hall–Kier alpha value is -1.59. The first-order chi connectivity index (χ1) is 9.85. The molecular formula is C14H14Cl2N2O3. The molecule has 0 N–H and O–H groups in total. The molecule has 1 aromatic heterocycles. The Bertz CT molecular complexity index is 717. The maximum atomic E-state index is 11.3. The summed E-state index contributed by atoms with van der Waals surface area (Å²) in [5.41, 5.74) is 0.749. The smallest absolute Gasteiger partial charge is 0.309 e. The highest BCUT2D eigenvalue weighted by Crippen LogP contribution is 2.39. The summed E-state index contributed by atoms with van der Waals surface area (Å²) in [7, 11) is 1.50. The molecule has 0 unspecified atom stereocenters. The number of rotatable bonds is 4. The lowest BCUT2D eigenvalue weighted by molar-refractivity contribution is -0.385. The van der Waals surface area contributed by atoms with E-state index >= 15 is 0 Å². The van der Waals surface area contributed by atoms with Crippen molar-refractivity contribution in [3.8, 4) is 5.75 Å². The van der Waals surface area contributed by atoms with Crippen molar-refractivity contribution in [2.75, 3.05) is 7.11 Å². The van der Waals surface area contributed by atoms with Crippen LogP contribution < -0.4 is 4.74 Å². The number of hydrogen-bond donors (Lipinski definition) is 0. The van der Waals surface area contributed by atoms with E-state index in [9.17, 15) is 10.1 Å². The van der Waals surface area contributed by atoms with Crippen LogP contribution in [-0.4, -0.2) is 17.0 Å². The van der Waals surface area contributed by atoms with E-state index in [1.54, 1.807) is 6.07 Å². The lowest BCUT2D eigenvalue weighted by atomic mass is 10.0. The Morgan fingerprint density at radius 3 is 2.57 bits per heavy atom. The SMILES string of the molecule is COc1cc2nc(CC(C)C)c([N+](=O)[O-])c(Cl)c2cc1Cl. The van der Waals surface area contributed by atoms with Crippen molar-refractivity contribution in [1.29, 1.82) is 0 Å². The van der Waals surface area contributed by atoms with Gasteiger partial charge in [0.15, 0.2) is 0 Å². The van der Waals surface area contributed by atoms with E-state index in [1.807, 2.05) is 13.8 Å². The van der Waals surface area contributed by atoms with E-state index in [0.717, 1.165) is 0 Å². The number of benzene rings is 1. The van der Waals surface area contributed by atoms with Gasteiger partial charge in [-0.3, -0.25) is 10.1 Å². The second-order valence-electron chi connectivity index (χ2n) is 5.08. The predicted molar refractivity (Wildman–Crippen MR) is 83.5 cm³/mol. The number of aromatic nitrogens is 1. The fraction of sp³-hybridized carbons (Fsp3) is 0.357. The Labute approximate surface area is 132 Å². The van der Waals surface area contributed by atoms with Crippen LogP contribution in [-0.2, 0) is 6.42 Å². The van der Waals surface area contributed by atoms with Crippen LogP contribution in [0.1, 0.15) is 19.5 Å². The Balaban J connectivity index is 2.80. The molecule has 0 bridgehead atoms. The summed E-state index contributed by atoms with van der Waals surface area (Å²) < 4.78 is 5.14. The molecular weight excluding hydrogens is 315 g/mol. The molecule has 0 spiro atoms. The average molecular weight is 329 g/mol. The fourth-order valence-corrected chi connectivity index (χ4v) is 2.70. The van der Waals surface area contributed by atoms with Crippen molar-refractivity contribution in [2.45, 2.75) is 20.3 Å². The van der Waals surface area contributed by atoms with Crippen molar-refractivity contribution in [3.05, 3.63) is 38.0 Å². The van der Waals surface area contributed by atoms with Gasteiger partial charge < -0.3 is 4.74 Å². The van der Waals surface area contributed by atoms with E-state index in [2.05, 4.69) is 4.98 Å². The van der Waals surface area contributed by atoms with Gasteiger partial charge in [-0.25, -0.2) is 4.98 Å². The molecule has 21 heavy (non-hydrogen) atoms. The molecule has 2 aromatic rings. The summed E-state index contributed by atoms with van der Waals surface area (Å²) in [6, 6.07) is 3.17. The average Bonchev–Trinajstić information content (AvgIpc) is 2.38. The third kappa shape index (κ3) is 3.04. The van der Waals surface area contributed by atoms with Crippen molar-refractivity contribution in [1.82, 2.24) is 4.98 Å². The largest absolute Gasteiger partial charge is 0.495 e. The van der Waals surface area contributed by atoms with Crippen LogP contribution in [0.5, 0.6) is 5.75 Å². The second-order valence-corrected chi connectivity index (χ2v) is 5.87. The zero-order valence-electron chi connectivity index (χ0n) is 11.8. The molecule has 112 valence electrons. The molecule has 0 fully saturated rings. The van der Waals surface area contributed by atoms with E-state index in [4.69, 9.17) is 27.9 Å². The highest BCUT2D eigenvalue weighted by molar-refractivity contribution is 6.39. The molecule has 0 aliphatic carbocycles. The number of halogens is 2. The highest BCUT2D eigenvalue weighted by Gasteiger charge is 2.24. The van der Waals surface area contributed by atoms with Crippen molar-refractivity contribution in [3.63, 3.8) is 0 Å². The van der Waals surface area contributed by atoms with Crippen LogP contribution in [0.4, 0.5) is 5.69 Å². The van der Waals surface area contributed by atoms with E-state index in [1.165, 1.54) is 13.2 Å². The minimum atomic E-state index is -0.495. The lowest BCUT2D eigenvalue weighted by Crippen LogP contribution is -2.04. The van der Waals surface area contributed by atoms with Crippen LogP contribution in [0, 0.1) is 16.0 Å². The summed E-state index contributed by atoms with van der Waals surface area (Å²) in [6.07, 6.45) is 0.469. The summed E-state index contributed by atoms with van der Waals surface area (Å²) in [4.78, 5) is 15.2. The molecule has 5 nitrogen and oxygen atoms in total. The van der Waals surface area contributed by atoms with E-state index in [-0.39, 0.29) is 16.6 Å². The number of hydrogen-bond acceptors (Lipinski definition) is 4. The van der Waals surface area contributed by atoms with Crippen LogP contribution in [0.15, 0.2) is 12.1 Å². The van der Waals surface area contributed by atoms with Gasteiger partial charge in [0.25, 0.3) is 0 Å². The van der Waals surface area contributed by atoms with E-state index < -0.39 is 4.92 Å². The Morgan fingerprint density at radius 2 is 2.05 bits per heavy atom. The minimum Gasteiger partial charge on any atom is -0.495 e. The molecule has 0 aliphatic heterocycles. The second kappa shape index (κ2) is 6.03.